The Bertz CT molecular complexity index is 754. The van der Waals surface area contributed by atoms with Crippen LogP contribution in [0.3, 0.4) is 0 Å². The van der Waals surface area contributed by atoms with E-state index in [-0.39, 0.29) is 18.1 Å². The van der Waals surface area contributed by atoms with E-state index in [9.17, 15) is 4.79 Å². The molecule has 0 aliphatic carbocycles. The van der Waals surface area contributed by atoms with Crippen LogP contribution in [0.4, 0.5) is 0 Å². The van der Waals surface area contributed by atoms with Gasteiger partial charge in [0.1, 0.15) is 11.9 Å². The summed E-state index contributed by atoms with van der Waals surface area (Å²) in [7, 11) is 3.85. The zero-order valence-electron chi connectivity index (χ0n) is 14.6. The lowest BCUT2D eigenvalue weighted by Crippen LogP contribution is -2.36. The highest BCUT2D eigenvalue weighted by Crippen LogP contribution is 2.33. The van der Waals surface area contributed by atoms with E-state index in [1.165, 1.54) is 5.56 Å². The predicted molar refractivity (Wildman–Crippen MR) is 90.4 cm³/mol. The molecule has 0 spiro atoms. The summed E-state index contributed by atoms with van der Waals surface area (Å²) in [6.07, 6.45) is 9.06. The van der Waals surface area contributed by atoms with Crippen LogP contribution in [0.1, 0.15) is 24.2 Å². The van der Waals surface area contributed by atoms with Crippen LogP contribution >= 0.6 is 0 Å². The average molecular weight is 344 g/mol. The van der Waals surface area contributed by atoms with Crippen LogP contribution in [0, 0.1) is 0 Å². The van der Waals surface area contributed by atoms with Crippen molar-refractivity contribution < 1.29 is 9.53 Å². The van der Waals surface area contributed by atoms with E-state index in [0.717, 1.165) is 31.8 Å². The number of hydrogen-bond donors (Lipinski definition) is 1. The molecule has 0 saturated carbocycles. The molecule has 2 saturated heterocycles. The van der Waals surface area contributed by atoms with E-state index in [2.05, 4.69) is 20.3 Å². The third kappa shape index (κ3) is 3.32. The molecule has 0 aromatic carbocycles. The van der Waals surface area contributed by atoms with Gasteiger partial charge in [0, 0.05) is 63.8 Å². The summed E-state index contributed by atoms with van der Waals surface area (Å²) in [5, 5.41) is 7.18. The van der Waals surface area contributed by atoms with E-state index in [1.54, 1.807) is 6.20 Å². The van der Waals surface area contributed by atoms with Crippen LogP contribution in [-0.2, 0) is 36.7 Å². The maximum Gasteiger partial charge on any atom is 0.249 e. The monoisotopic (exact) mass is 344 g/mol. The molecule has 1 N–H and O–H groups in total. The fourth-order valence-electron chi connectivity index (χ4n) is 3.83. The van der Waals surface area contributed by atoms with Gasteiger partial charge in [-0.2, -0.15) is 5.10 Å². The number of imidazole rings is 1. The smallest absolute Gasteiger partial charge is 0.249 e. The Labute approximate surface area is 146 Å². The number of carbonyl (C=O) groups is 1. The Morgan fingerprint density at radius 1 is 1.44 bits per heavy atom. The Hall–Kier alpha value is -2.19. The fourth-order valence-corrected chi connectivity index (χ4v) is 3.83. The number of amides is 1. The SMILES string of the molecule is Cn1cc(CN2CC[C@H]3O[C@H](C(=O)NCc4nccn4C)C[C@H]32)cn1. The molecular weight excluding hydrogens is 320 g/mol. The molecule has 2 aliphatic heterocycles. The molecule has 0 bridgehead atoms. The zero-order valence-corrected chi connectivity index (χ0v) is 14.6. The number of fused-ring (bicyclic) bond motifs is 1. The van der Waals surface area contributed by atoms with E-state index in [1.807, 2.05) is 41.9 Å². The Morgan fingerprint density at radius 2 is 2.32 bits per heavy atom. The number of aryl methyl sites for hydroxylation is 2. The standard InChI is InChI=1S/C17H24N6O2/c1-21-6-4-18-16(21)9-19-17(24)15-7-13-14(25-15)3-5-23(13)11-12-8-20-22(2)10-12/h4,6,8,10,13-15H,3,5,7,9,11H2,1-2H3,(H,19,24)/t13-,14-,15+/m1/s1. The summed E-state index contributed by atoms with van der Waals surface area (Å²) in [4.78, 5) is 19.1. The van der Waals surface area contributed by atoms with Crippen LogP contribution in [0.2, 0.25) is 0 Å². The second-order valence-electron chi connectivity index (χ2n) is 6.92. The lowest BCUT2D eigenvalue weighted by molar-refractivity contribution is -0.132. The van der Waals surface area contributed by atoms with Crippen molar-refractivity contribution in [3.05, 3.63) is 36.2 Å². The minimum atomic E-state index is -0.369. The number of nitrogens with zero attached hydrogens (tertiary/aromatic N) is 5. The Balaban J connectivity index is 1.32. The van der Waals surface area contributed by atoms with Crippen LogP contribution < -0.4 is 5.32 Å². The largest absolute Gasteiger partial charge is 0.363 e. The average Bonchev–Trinajstić information content (AvgIpc) is 3.33. The van der Waals surface area contributed by atoms with Crippen LogP contribution in [0.25, 0.3) is 0 Å². The third-order valence-electron chi connectivity index (χ3n) is 5.17. The van der Waals surface area contributed by atoms with Crippen LogP contribution in [0.15, 0.2) is 24.8 Å². The number of nitrogens with one attached hydrogen (secondary N) is 1. The maximum absolute atomic E-state index is 12.4. The van der Waals surface area contributed by atoms with E-state index in [0.29, 0.717) is 12.6 Å². The molecule has 2 fully saturated rings. The molecule has 8 heteroatoms. The molecule has 2 aromatic rings. The van der Waals surface area contributed by atoms with Gasteiger partial charge in [-0.05, 0) is 6.42 Å². The third-order valence-corrected chi connectivity index (χ3v) is 5.17. The lowest BCUT2D eigenvalue weighted by Gasteiger charge is -2.21. The van der Waals surface area contributed by atoms with E-state index < -0.39 is 0 Å². The molecule has 1 amide bonds. The molecule has 0 unspecified atom stereocenters. The summed E-state index contributed by atoms with van der Waals surface area (Å²) in [5.41, 5.74) is 1.20. The highest BCUT2D eigenvalue weighted by Gasteiger charge is 2.45. The highest BCUT2D eigenvalue weighted by atomic mass is 16.5. The molecule has 134 valence electrons. The molecule has 3 atom stereocenters. The van der Waals surface area contributed by atoms with Crippen molar-refractivity contribution in [2.24, 2.45) is 14.1 Å². The number of carbonyl (C=O) groups excluding carboxylic acids is 1. The van der Waals surface area contributed by atoms with Crippen molar-refractivity contribution in [2.75, 3.05) is 6.54 Å². The van der Waals surface area contributed by atoms with Gasteiger partial charge in [0.15, 0.2) is 0 Å². The number of likely N-dealkylation sites (tertiary alicyclic amines) is 1. The molecule has 2 aliphatic rings. The first kappa shape index (κ1) is 16.3. The quantitative estimate of drug-likeness (QED) is 0.839. The molecule has 0 radical (unpaired) electrons. The summed E-state index contributed by atoms with van der Waals surface area (Å²) in [6.45, 7) is 2.29. The molecule has 4 heterocycles. The Morgan fingerprint density at radius 3 is 3.04 bits per heavy atom. The van der Waals surface area contributed by atoms with Gasteiger partial charge in [-0.1, -0.05) is 0 Å². The second kappa shape index (κ2) is 6.61. The van der Waals surface area contributed by atoms with Gasteiger partial charge < -0.3 is 14.6 Å². The summed E-state index contributed by atoms with van der Waals surface area (Å²) < 4.78 is 9.74. The summed E-state index contributed by atoms with van der Waals surface area (Å²) >= 11 is 0. The van der Waals surface area contributed by atoms with Crippen LogP contribution in [-0.4, -0.2) is 54.9 Å². The maximum atomic E-state index is 12.4. The fraction of sp³-hybridized carbons (Fsp3) is 0.588. The van der Waals surface area contributed by atoms with Crippen molar-refractivity contribution in [3.8, 4) is 0 Å². The topological polar surface area (TPSA) is 77.2 Å². The molecule has 8 nitrogen and oxygen atoms in total. The van der Waals surface area contributed by atoms with Gasteiger partial charge >= 0.3 is 0 Å². The summed E-state index contributed by atoms with van der Waals surface area (Å²) in [6, 6.07) is 0.309. The molecule has 25 heavy (non-hydrogen) atoms. The molecule has 2 aromatic heterocycles. The van der Waals surface area contributed by atoms with Gasteiger partial charge in [-0.15, -0.1) is 0 Å². The lowest BCUT2D eigenvalue weighted by atomic mass is 10.1. The predicted octanol–water partition coefficient (Wildman–Crippen LogP) is 0.202. The van der Waals surface area contributed by atoms with Crippen molar-refractivity contribution >= 4 is 5.91 Å². The number of rotatable bonds is 5. The molecule has 4 rings (SSSR count). The minimum Gasteiger partial charge on any atom is -0.363 e. The van der Waals surface area contributed by atoms with Gasteiger partial charge in [-0.3, -0.25) is 14.4 Å². The number of aromatic nitrogens is 4. The van der Waals surface area contributed by atoms with Crippen molar-refractivity contribution in [3.63, 3.8) is 0 Å². The highest BCUT2D eigenvalue weighted by molar-refractivity contribution is 5.81. The number of hydrogen-bond acceptors (Lipinski definition) is 5. The zero-order chi connectivity index (χ0) is 17.4. The first-order valence-electron chi connectivity index (χ1n) is 8.71. The first-order valence-corrected chi connectivity index (χ1v) is 8.71. The summed E-state index contributed by atoms with van der Waals surface area (Å²) in [5.74, 6) is 0.795. The Kier molecular flexibility index (Phi) is 4.30. The van der Waals surface area contributed by atoms with E-state index >= 15 is 0 Å². The number of ether oxygens (including phenoxy) is 1. The van der Waals surface area contributed by atoms with Crippen molar-refractivity contribution in [1.82, 2.24) is 29.5 Å². The van der Waals surface area contributed by atoms with Gasteiger partial charge in [0.05, 0.1) is 18.8 Å². The van der Waals surface area contributed by atoms with Gasteiger partial charge in [0.2, 0.25) is 5.91 Å². The van der Waals surface area contributed by atoms with Crippen LogP contribution in [0.5, 0.6) is 0 Å². The van der Waals surface area contributed by atoms with Crippen molar-refractivity contribution in [1.29, 1.82) is 0 Å². The van der Waals surface area contributed by atoms with Gasteiger partial charge in [0.25, 0.3) is 0 Å². The normalized spacial score (nSPS) is 26.1. The second-order valence-corrected chi connectivity index (χ2v) is 6.92. The van der Waals surface area contributed by atoms with Crippen molar-refractivity contribution in [2.45, 2.75) is 44.2 Å². The minimum absolute atomic E-state index is 0.0428. The first-order chi connectivity index (χ1) is 12.1. The van der Waals surface area contributed by atoms with Gasteiger partial charge in [-0.25, -0.2) is 4.98 Å². The van der Waals surface area contributed by atoms with E-state index in [4.69, 9.17) is 4.74 Å². The molecular formula is C17H24N6O2.